The van der Waals surface area contributed by atoms with Crippen LogP contribution in [0.15, 0.2) is 42.5 Å². The van der Waals surface area contributed by atoms with Gasteiger partial charge >= 0.3 is 0 Å². The maximum absolute atomic E-state index is 12.1. The highest BCUT2D eigenvalue weighted by Crippen LogP contribution is 2.19. The maximum Gasteiger partial charge on any atom is 0.270 e. The molecular formula is C14H12ClN3O3. The number of hydrogen-bond donors (Lipinski definition) is 2. The van der Waals surface area contributed by atoms with Gasteiger partial charge in [0.15, 0.2) is 0 Å². The first-order valence-electron chi connectivity index (χ1n) is 6.04. The molecule has 2 aromatic rings. The molecule has 3 N–H and O–H groups in total. The first kappa shape index (κ1) is 14.8. The molecule has 0 aliphatic heterocycles. The molecule has 0 saturated heterocycles. The number of nitro benzene ring substituents is 1. The Balaban J connectivity index is 2.13. The Kier molecular flexibility index (Phi) is 4.39. The highest BCUT2D eigenvalue weighted by molar-refractivity contribution is 6.30. The molecular weight excluding hydrogens is 294 g/mol. The number of nitrogens with one attached hydrogen (secondary N) is 1. The van der Waals surface area contributed by atoms with Gasteiger partial charge in [-0.1, -0.05) is 23.7 Å². The smallest absolute Gasteiger partial charge is 0.270 e. The van der Waals surface area contributed by atoms with Crippen molar-refractivity contribution in [3.8, 4) is 0 Å². The van der Waals surface area contributed by atoms with Gasteiger partial charge in [0.2, 0.25) is 0 Å². The van der Waals surface area contributed by atoms with Crippen molar-refractivity contribution in [1.29, 1.82) is 0 Å². The predicted molar refractivity (Wildman–Crippen MR) is 80.1 cm³/mol. The number of nitrogens with two attached hydrogens (primary N) is 1. The van der Waals surface area contributed by atoms with E-state index in [-0.39, 0.29) is 23.5 Å². The van der Waals surface area contributed by atoms with Gasteiger partial charge in [0.25, 0.3) is 11.6 Å². The van der Waals surface area contributed by atoms with E-state index in [2.05, 4.69) is 5.32 Å². The second-order valence-corrected chi connectivity index (χ2v) is 4.78. The van der Waals surface area contributed by atoms with Crippen molar-refractivity contribution in [2.24, 2.45) is 0 Å². The predicted octanol–water partition coefficient (Wildman–Crippen LogP) is 2.76. The van der Waals surface area contributed by atoms with E-state index in [1.807, 2.05) is 6.07 Å². The van der Waals surface area contributed by atoms with Crippen LogP contribution in [0.2, 0.25) is 5.02 Å². The number of carbonyl (C=O) groups excluding carboxylic acids is 1. The number of halogens is 1. The molecule has 6 nitrogen and oxygen atoms in total. The fourth-order valence-electron chi connectivity index (χ4n) is 1.78. The zero-order chi connectivity index (χ0) is 15.4. The number of rotatable bonds is 4. The van der Waals surface area contributed by atoms with Gasteiger partial charge in [0.1, 0.15) is 0 Å². The van der Waals surface area contributed by atoms with Crippen molar-refractivity contribution in [3.05, 3.63) is 68.7 Å². The van der Waals surface area contributed by atoms with Crippen LogP contribution in [0.3, 0.4) is 0 Å². The van der Waals surface area contributed by atoms with Crippen LogP contribution in [0.25, 0.3) is 0 Å². The standard InChI is InChI=1S/C14H12ClN3O3/c15-10-3-1-2-9(6-10)8-17-14(19)12-7-11(18(20)21)4-5-13(12)16/h1-7H,8,16H2,(H,17,19). The van der Waals surface area contributed by atoms with Crippen LogP contribution < -0.4 is 11.1 Å². The highest BCUT2D eigenvalue weighted by Gasteiger charge is 2.15. The third kappa shape index (κ3) is 3.70. The van der Waals surface area contributed by atoms with Crippen molar-refractivity contribution >= 4 is 28.9 Å². The number of amides is 1. The van der Waals surface area contributed by atoms with Gasteiger partial charge in [-0.3, -0.25) is 14.9 Å². The number of non-ortho nitro benzene ring substituents is 1. The third-order valence-corrected chi connectivity index (χ3v) is 3.07. The van der Waals surface area contributed by atoms with Gasteiger partial charge in [-0.25, -0.2) is 0 Å². The summed E-state index contributed by atoms with van der Waals surface area (Å²) in [5.74, 6) is -0.476. The summed E-state index contributed by atoms with van der Waals surface area (Å²) in [5, 5.41) is 13.9. The molecule has 0 spiro atoms. The van der Waals surface area contributed by atoms with E-state index >= 15 is 0 Å². The molecule has 0 unspecified atom stereocenters. The molecule has 2 rings (SSSR count). The van der Waals surface area contributed by atoms with Crippen LogP contribution in [0.1, 0.15) is 15.9 Å². The number of nitrogen functional groups attached to an aromatic ring is 1. The van der Waals surface area contributed by atoms with Crippen molar-refractivity contribution in [1.82, 2.24) is 5.32 Å². The van der Waals surface area contributed by atoms with E-state index in [9.17, 15) is 14.9 Å². The fraction of sp³-hybridized carbons (Fsp3) is 0.0714. The quantitative estimate of drug-likeness (QED) is 0.515. The molecule has 0 aromatic heterocycles. The Bertz CT molecular complexity index is 704. The van der Waals surface area contributed by atoms with Crippen LogP contribution >= 0.6 is 11.6 Å². The van der Waals surface area contributed by atoms with Gasteiger partial charge in [-0.2, -0.15) is 0 Å². The lowest BCUT2D eigenvalue weighted by Gasteiger charge is -2.08. The number of hydrogen-bond acceptors (Lipinski definition) is 4. The first-order valence-corrected chi connectivity index (χ1v) is 6.42. The molecule has 108 valence electrons. The van der Waals surface area contributed by atoms with E-state index in [4.69, 9.17) is 17.3 Å². The molecule has 0 aliphatic rings. The lowest BCUT2D eigenvalue weighted by Crippen LogP contribution is -2.23. The zero-order valence-corrected chi connectivity index (χ0v) is 11.6. The van der Waals surface area contributed by atoms with Gasteiger partial charge in [0, 0.05) is 29.4 Å². The first-order chi connectivity index (χ1) is 9.97. The topological polar surface area (TPSA) is 98.3 Å². The molecule has 0 atom stereocenters. The van der Waals surface area contributed by atoms with Crippen LogP contribution in [0.5, 0.6) is 0 Å². The van der Waals surface area contributed by atoms with Gasteiger partial charge in [0.05, 0.1) is 10.5 Å². The minimum atomic E-state index is -0.576. The molecule has 21 heavy (non-hydrogen) atoms. The normalized spacial score (nSPS) is 10.1. The molecule has 1 amide bonds. The average Bonchev–Trinajstić information content (AvgIpc) is 2.45. The van der Waals surface area contributed by atoms with E-state index < -0.39 is 10.8 Å². The van der Waals surface area contributed by atoms with Crippen molar-refractivity contribution in [3.63, 3.8) is 0 Å². The van der Waals surface area contributed by atoms with Crippen LogP contribution in [0.4, 0.5) is 11.4 Å². The number of carbonyl (C=O) groups is 1. The van der Waals surface area contributed by atoms with Crippen molar-refractivity contribution in [2.45, 2.75) is 6.54 Å². The minimum Gasteiger partial charge on any atom is -0.398 e. The monoisotopic (exact) mass is 305 g/mol. The number of anilines is 1. The molecule has 7 heteroatoms. The summed E-state index contributed by atoms with van der Waals surface area (Å²) in [4.78, 5) is 22.2. The van der Waals surface area contributed by atoms with E-state index in [1.165, 1.54) is 12.1 Å². The van der Waals surface area contributed by atoms with Crippen LogP contribution in [-0.4, -0.2) is 10.8 Å². The van der Waals surface area contributed by atoms with Crippen LogP contribution in [0, 0.1) is 10.1 Å². The SMILES string of the molecule is Nc1ccc([N+](=O)[O-])cc1C(=O)NCc1cccc(Cl)c1. The highest BCUT2D eigenvalue weighted by atomic mass is 35.5. The molecule has 0 bridgehead atoms. The number of benzene rings is 2. The zero-order valence-electron chi connectivity index (χ0n) is 10.9. The van der Waals surface area contributed by atoms with Gasteiger partial charge in [-0.05, 0) is 23.8 Å². The summed E-state index contributed by atoms with van der Waals surface area (Å²) < 4.78 is 0. The van der Waals surface area contributed by atoms with E-state index in [0.717, 1.165) is 11.6 Å². The molecule has 0 fully saturated rings. The van der Waals surface area contributed by atoms with E-state index in [1.54, 1.807) is 18.2 Å². The lowest BCUT2D eigenvalue weighted by atomic mass is 10.1. The number of nitrogens with zero attached hydrogens (tertiary/aromatic N) is 1. The van der Waals surface area contributed by atoms with Crippen molar-refractivity contribution < 1.29 is 9.72 Å². The second kappa shape index (κ2) is 6.23. The van der Waals surface area contributed by atoms with Crippen LogP contribution in [-0.2, 0) is 6.54 Å². The van der Waals surface area contributed by atoms with Gasteiger partial charge in [-0.15, -0.1) is 0 Å². The van der Waals surface area contributed by atoms with E-state index in [0.29, 0.717) is 5.02 Å². The Morgan fingerprint density at radius 1 is 1.29 bits per heavy atom. The van der Waals surface area contributed by atoms with Gasteiger partial charge < -0.3 is 11.1 Å². The number of nitro groups is 1. The summed E-state index contributed by atoms with van der Waals surface area (Å²) in [5.41, 5.74) is 6.57. The fourth-order valence-corrected chi connectivity index (χ4v) is 1.99. The Labute approximate surface area is 125 Å². The van der Waals surface area contributed by atoms with Crippen molar-refractivity contribution in [2.75, 3.05) is 5.73 Å². The maximum atomic E-state index is 12.1. The second-order valence-electron chi connectivity index (χ2n) is 4.34. The third-order valence-electron chi connectivity index (χ3n) is 2.83. The largest absolute Gasteiger partial charge is 0.398 e. The summed E-state index contributed by atoms with van der Waals surface area (Å²) in [6.45, 7) is 0.252. The summed E-state index contributed by atoms with van der Waals surface area (Å²) >= 11 is 5.85. The molecule has 2 aromatic carbocycles. The Hall–Kier alpha value is -2.60. The average molecular weight is 306 g/mol. The Morgan fingerprint density at radius 2 is 2.05 bits per heavy atom. The lowest BCUT2D eigenvalue weighted by molar-refractivity contribution is -0.384. The molecule has 0 saturated carbocycles. The Morgan fingerprint density at radius 3 is 2.71 bits per heavy atom. The summed E-state index contributed by atoms with van der Waals surface area (Å²) in [6.07, 6.45) is 0. The summed E-state index contributed by atoms with van der Waals surface area (Å²) in [6, 6.07) is 10.8. The molecule has 0 aliphatic carbocycles. The summed E-state index contributed by atoms with van der Waals surface area (Å²) in [7, 11) is 0. The molecule has 0 heterocycles. The minimum absolute atomic E-state index is 0.0752. The molecule has 0 radical (unpaired) electrons.